The third kappa shape index (κ3) is 3.64. The van der Waals surface area contributed by atoms with Gasteiger partial charge in [-0.15, -0.1) is 0 Å². The molecule has 2 aromatic rings. The van der Waals surface area contributed by atoms with E-state index in [1.54, 1.807) is 0 Å². The minimum atomic E-state index is -3.58. The van der Waals surface area contributed by atoms with Gasteiger partial charge in [-0.3, -0.25) is 5.10 Å². The molecule has 0 spiro atoms. The van der Waals surface area contributed by atoms with E-state index in [2.05, 4.69) is 19.9 Å². The van der Waals surface area contributed by atoms with E-state index in [1.807, 2.05) is 30.3 Å². The quantitative estimate of drug-likeness (QED) is 0.741. The third-order valence-electron chi connectivity index (χ3n) is 4.13. The smallest absolute Gasteiger partial charge is 0.219 e. The number of aromatic nitrogens is 3. The van der Waals surface area contributed by atoms with Crippen LogP contribution in [0.15, 0.2) is 36.7 Å². The summed E-state index contributed by atoms with van der Waals surface area (Å²) in [5.74, 6) is 0.349. The first-order chi connectivity index (χ1) is 11.6. The van der Waals surface area contributed by atoms with Gasteiger partial charge in [-0.2, -0.15) is 5.10 Å². The molecule has 2 heterocycles. The molecule has 24 heavy (non-hydrogen) atoms. The maximum atomic E-state index is 12.6. The molecular formula is C15H20N4O4S. The summed E-state index contributed by atoms with van der Waals surface area (Å²) in [4.78, 5) is 4.17. The van der Waals surface area contributed by atoms with Gasteiger partial charge in [0, 0.05) is 13.7 Å². The zero-order valence-corrected chi connectivity index (χ0v) is 14.1. The van der Waals surface area contributed by atoms with Crippen LogP contribution < -0.4 is 4.72 Å². The van der Waals surface area contributed by atoms with Crippen LogP contribution in [-0.2, 0) is 19.5 Å². The Morgan fingerprint density at radius 3 is 2.83 bits per heavy atom. The number of methoxy groups -OCH3 is 1. The SMILES string of the molecule is COC1COCC1S(=O)(=O)NCC(c1ccccc1)c1ncn[nH]1. The van der Waals surface area contributed by atoms with Gasteiger partial charge in [0.15, 0.2) is 0 Å². The summed E-state index contributed by atoms with van der Waals surface area (Å²) in [6.07, 6.45) is 0.953. The van der Waals surface area contributed by atoms with Crippen molar-refractivity contribution in [3.05, 3.63) is 48.0 Å². The Morgan fingerprint density at radius 1 is 1.38 bits per heavy atom. The molecule has 0 amide bonds. The molecule has 3 unspecified atom stereocenters. The largest absolute Gasteiger partial charge is 0.378 e. The molecule has 1 aliphatic heterocycles. The Morgan fingerprint density at radius 2 is 2.17 bits per heavy atom. The van der Waals surface area contributed by atoms with Gasteiger partial charge < -0.3 is 9.47 Å². The van der Waals surface area contributed by atoms with Crippen molar-refractivity contribution in [2.75, 3.05) is 26.9 Å². The van der Waals surface area contributed by atoms with Crippen molar-refractivity contribution in [2.24, 2.45) is 0 Å². The highest BCUT2D eigenvalue weighted by atomic mass is 32.2. The lowest BCUT2D eigenvalue weighted by Gasteiger charge is -2.20. The minimum absolute atomic E-state index is 0.131. The Hall–Kier alpha value is -1.81. The lowest BCUT2D eigenvalue weighted by atomic mass is 9.99. The van der Waals surface area contributed by atoms with E-state index < -0.39 is 21.4 Å². The molecule has 3 rings (SSSR count). The third-order valence-corrected chi connectivity index (χ3v) is 5.94. The number of nitrogens with zero attached hydrogens (tertiary/aromatic N) is 2. The Labute approximate surface area is 140 Å². The van der Waals surface area contributed by atoms with Gasteiger partial charge >= 0.3 is 0 Å². The van der Waals surface area contributed by atoms with Crippen LogP contribution in [0, 0.1) is 0 Å². The molecule has 0 bridgehead atoms. The first kappa shape index (κ1) is 17.0. The molecule has 0 saturated carbocycles. The fourth-order valence-electron chi connectivity index (χ4n) is 2.77. The van der Waals surface area contributed by atoms with Crippen LogP contribution in [0.2, 0.25) is 0 Å². The van der Waals surface area contributed by atoms with E-state index in [0.717, 1.165) is 5.56 Å². The predicted molar refractivity (Wildman–Crippen MR) is 87.0 cm³/mol. The predicted octanol–water partition coefficient (Wildman–Crippen LogP) is 0.270. The maximum absolute atomic E-state index is 12.6. The molecule has 130 valence electrons. The molecule has 0 radical (unpaired) electrons. The lowest BCUT2D eigenvalue weighted by Crippen LogP contribution is -2.43. The zero-order chi connectivity index (χ0) is 17.0. The second kappa shape index (κ2) is 7.39. The van der Waals surface area contributed by atoms with Crippen molar-refractivity contribution in [1.82, 2.24) is 19.9 Å². The average Bonchev–Trinajstić information content (AvgIpc) is 3.28. The molecule has 8 nitrogen and oxygen atoms in total. The molecule has 0 aliphatic carbocycles. The fraction of sp³-hybridized carbons (Fsp3) is 0.467. The lowest BCUT2D eigenvalue weighted by molar-refractivity contribution is 0.0828. The van der Waals surface area contributed by atoms with E-state index >= 15 is 0 Å². The highest BCUT2D eigenvalue weighted by molar-refractivity contribution is 7.90. The summed E-state index contributed by atoms with van der Waals surface area (Å²) in [7, 11) is -2.09. The first-order valence-electron chi connectivity index (χ1n) is 7.61. The van der Waals surface area contributed by atoms with Gasteiger partial charge in [0.25, 0.3) is 0 Å². The van der Waals surface area contributed by atoms with Crippen molar-refractivity contribution >= 4 is 10.0 Å². The molecule has 2 N–H and O–H groups in total. The van der Waals surface area contributed by atoms with E-state index in [-0.39, 0.29) is 25.7 Å². The number of rotatable bonds is 7. The standard InChI is InChI=1S/C15H20N4O4S/c1-22-13-8-23-9-14(13)24(20,21)18-7-12(15-16-10-17-19-15)11-5-3-2-4-6-11/h2-6,10,12-14,18H,7-9H2,1H3,(H,16,17,19). The number of nitrogens with one attached hydrogen (secondary N) is 2. The molecule has 1 aromatic heterocycles. The number of benzene rings is 1. The number of ether oxygens (including phenoxy) is 2. The zero-order valence-electron chi connectivity index (χ0n) is 13.3. The molecule has 1 aromatic carbocycles. The normalized spacial score (nSPS) is 22.5. The summed E-state index contributed by atoms with van der Waals surface area (Å²) >= 11 is 0. The number of aromatic amines is 1. The van der Waals surface area contributed by atoms with Crippen molar-refractivity contribution in [3.8, 4) is 0 Å². The van der Waals surface area contributed by atoms with Crippen LogP contribution in [0.1, 0.15) is 17.3 Å². The van der Waals surface area contributed by atoms with E-state index in [1.165, 1.54) is 13.4 Å². The highest BCUT2D eigenvalue weighted by Gasteiger charge is 2.39. The number of H-pyrrole nitrogens is 1. The van der Waals surface area contributed by atoms with Crippen molar-refractivity contribution in [3.63, 3.8) is 0 Å². The number of sulfonamides is 1. The number of hydrogen-bond donors (Lipinski definition) is 2. The Kier molecular flexibility index (Phi) is 5.24. The summed E-state index contributed by atoms with van der Waals surface area (Å²) in [6, 6.07) is 9.57. The molecule has 3 atom stereocenters. The van der Waals surface area contributed by atoms with Crippen LogP contribution in [0.3, 0.4) is 0 Å². The summed E-state index contributed by atoms with van der Waals surface area (Å²) < 4.78 is 38.3. The summed E-state index contributed by atoms with van der Waals surface area (Å²) in [5, 5.41) is 5.96. The molecule has 1 fully saturated rings. The summed E-state index contributed by atoms with van der Waals surface area (Å²) in [5.41, 5.74) is 0.947. The second-order valence-corrected chi connectivity index (χ2v) is 7.56. The average molecular weight is 352 g/mol. The van der Waals surface area contributed by atoms with Crippen LogP contribution in [-0.4, -0.2) is 61.8 Å². The van der Waals surface area contributed by atoms with Crippen LogP contribution in [0.4, 0.5) is 0 Å². The Balaban J connectivity index is 1.77. The first-order valence-corrected chi connectivity index (χ1v) is 9.15. The van der Waals surface area contributed by atoms with Crippen LogP contribution in [0.5, 0.6) is 0 Å². The van der Waals surface area contributed by atoms with Crippen molar-refractivity contribution < 1.29 is 17.9 Å². The van der Waals surface area contributed by atoms with Crippen molar-refractivity contribution in [1.29, 1.82) is 0 Å². The van der Waals surface area contributed by atoms with E-state index in [0.29, 0.717) is 5.82 Å². The van der Waals surface area contributed by atoms with Crippen LogP contribution in [0.25, 0.3) is 0 Å². The van der Waals surface area contributed by atoms with Gasteiger partial charge in [0.2, 0.25) is 10.0 Å². The second-order valence-electron chi connectivity index (χ2n) is 5.58. The van der Waals surface area contributed by atoms with Gasteiger partial charge in [-0.05, 0) is 5.56 Å². The monoisotopic (exact) mass is 352 g/mol. The van der Waals surface area contributed by atoms with E-state index in [4.69, 9.17) is 9.47 Å². The van der Waals surface area contributed by atoms with Gasteiger partial charge in [-0.25, -0.2) is 18.1 Å². The van der Waals surface area contributed by atoms with Crippen LogP contribution >= 0.6 is 0 Å². The molecule has 1 aliphatic rings. The molecular weight excluding hydrogens is 332 g/mol. The maximum Gasteiger partial charge on any atom is 0.219 e. The topological polar surface area (TPSA) is 106 Å². The van der Waals surface area contributed by atoms with Gasteiger partial charge in [0.05, 0.1) is 19.1 Å². The van der Waals surface area contributed by atoms with E-state index in [9.17, 15) is 8.42 Å². The fourth-order valence-corrected chi connectivity index (χ4v) is 4.25. The molecule has 9 heteroatoms. The molecule has 1 saturated heterocycles. The van der Waals surface area contributed by atoms with Crippen molar-refractivity contribution in [2.45, 2.75) is 17.3 Å². The summed E-state index contributed by atoms with van der Waals surface area (Å²) in [6.45, 7) is 0.590. The highest BCUT2D eigenvalue weighted by Crippen LogP contribution is 2.22. The minimum Gasteiger partial charge on any atom is -0.378 e. The van der Waals surface area contributed by atoms with Gasteiger partial charge in [0.1, 0.15) is 23.5 Å². The van der Waals surface area contributed by atoms with Gasteiger partial charge in [-0.1, -0.05) is 30.3 Å². The Bertz CT molecular complexity index is 736. The number of hydrogen-bond acceptors (Lipinski definition) is 6.